The SMILES string of the molecule is CN1CCCC(COc2ccc(N=CNO)cc2)C1. The summed E-state index contributed by atoms with van der Waals surface area (Å²) in [5.74, 6) is 1.49. The molecule has 0 saturated carbocycles. The molecule has 19 heavy (non-hydrogen) atoms. The zero-order chi connectivity index (χ0) is 13.5. The number of nitrogens with zero attached hydrogens (tertiary/aromatic N) is 2. The predicted octanol–water partition coefficient (Wildman–Crippen LogP) is 2.05. The highest BCUT2D eigenvalue weighted by Crippen LogP contribution is 2.20. The highest BCUT2D eigenvalue weighted by molar-refractivity contribution is 5.59. The molecule has 0 aromatic heterocycles. The number of aliphatic imine (C=N–C) groups is 1. The van der Waals surface area contributed by atoms with Crippen molar-refractivity contribution < 1.29 is 9.94 Å². The number of hydrogen-bond donors (Lipinski definition) is 2. The molecular weight excluding hydrogens is 242 g/mol. The van der Waals surface area contributed by atoms with Gasteiger partial charge in [0.2, 0.25) is 0 Å². The van der Waals surface area contributed by atoms with E-state index < -0.39 is 0 Å². The maximum absolute atomic E-state index is 8.40. The molecule has 1 aromatic rings. The summed E-state index contributed by atoms with van der Waals surface area (Å²) in [7, 11) is 2.16. The molecule has 1 aromatic carbocycles. The Morgan fingerprint density at radius 2 is 2.26 bits per heavy atom. The highest BCUT2D eigenvalue weighted by atomic mass is 16.5. The van der Waals surface area contributed by atoms with E-state index in [0.717, 1.165) is 24.6 Å². The van der Waals surface area contributed by atoms with Crippen LogP contribution in [0.15, 0.2) is 29.3 Å². The quantitative estimate of drug-likeness (QED) is 0.485. The van der Waals surface area contributed by atoms with Gasteiger partial charge in [0.25, 0.3) is 0 Å². The molecule has 1 unspecified atom stereocenters. The molecule has 2 rings (SSSR count). The van der Waals surface area contributed by atoms with Crippen LogP contribution in [0.1, 0.15) is 12.8 Å². The third-order valence-electron chi connectivity index (χ3n) is 3.32. The van der Waals surface area contributed by atoms with Gasteiger partial charge in [-0.2, -0.15) is 0 Å². The summed E-state index contributed by atoms with van der Waals surface area (Å²) >= 11 is 0. The van der Waals surface area contributed by atoms with Crippen molar-refractivity contribution in [3.8, 4) is 5.75 Å². The first-order valence-electron chi connectivity index (χ1n) is 6.61. The lowest BCUT2D eigenvalue weighted by molar-refractivity contribution is 0.150. The van der Waals surface area contributed by atoms with E-state index >= 15 is 0 Å². The zero-order valence-corrected chi connectivity index (χ0v) is 11.2. The molecule has 1 aliphatic heterocycles. The lowest BCUT2D eigenvalue weighted by Crippen LogP contribution is -2.34. The van der Waals surface area contributed by atoms with Crippen LogP contribution in [0.4, 0.5) is 5.69 Å². The third kappa shape index (κ3) is 4.54. The molecular formula is C14H21N3O2. The van der Waals surface area contributed by atoms with E-state index in [1.165, 1.54) is 25.7 Å². The number of rotatable bonds is 5. The van der Waals surface area contributed by atoms with Crippen LogP contribution in [-0.4, -0.2) is 43.2 Å². The van der Waals surface area contributed by atoms with Crippen molar-refractivity contribution >= 4 is 12.0 Å². The minimum atomic E-state index is 0.620. The summed E-state index contributed by atoms with van der Waals surface area (Å²) in [6.45, 7) is 3.08. The molecule has 1 heterocycles. The Morgan fingerprint density at radius 3 is 2.95 bits per heavy atom. The molecule has 2 N–H and O–H groups in total. The standard InChI is InChI=1S/C14H21N3O2/c1-17-8-2-3-12(9-17)10-19-14-6-4-13(5-7-14)15-11-16-18/h4-7,11-12,18H,2-3,8-10H2,1H3,(H,15,16). The van der Waals surface area contributed by atoms with Crippen molar-refractivity contribution in [3.63, 3.8) is 0 Å². The average molecular weight is 263 g/mol. The zero-order valence-electron chi connectivity index (χ0n) is 11.2. The van der Waals surface area contributed by atoms with Crippen LogP contribution in [0.5, 0.6) is 5.75 Å². The second-order valence-electron chi connectivity index (χ2n) is 4.96. The number of benzene rings is 1. The summed E-state index contributed by atoms with van der Waals surface area (Å²) in [5.41, 5.74) is 2.65. The smallest absolute Gasteiger partial charge is 0.119 e. The Bertz CT molecular complexity index is 406. The number of likely N-dealkylation sites (tertiary alicyclic amines) is 1. The summed E-state index contributed by atoms with van der Waals surface area (Å²) in [6.07, 6.45) is 3.73. The Balaban J connectivity index is 1.81. The van der Waals surface area contributed by atoms with Crippen LogP contribution < -0.4 is 10.2 Å². The first kappa shape index (κ1) is 13.8. The van der Waals surface area contributed by atoms with Crippen LogP contribution in [0, 0.1) is 5.92 Å². The molecule has 1 saturated heterocycles. The highest BCUT2D eigenvalue weighted by Gasteiger charge is 2.17. The van der Waals surface area contributed by atoms with Gasteiger partial charge in [-0.3, -0.25) is 10.7 Å². The summed E-state index contributed by atoms with van der Waals surface area (Å²) in [6, 6.07) is 7.51. The number of hydrogen-bond acceptors (Lipinski definition) is 4. The number of nitrogens with one attached hydrogen (secondary N) is 1. The minimum absolute atomic E-state index is 0.620. The van der Waals surface area contributed by atoms with E-state index in [1.807, 2.05) is 29.7 Å². The Kier molecular flexibility index (Phi) is 5.18. The minimum Gasteiger partial charge on any atom is -0.493 e. The Labute approximate surface area is 113 Å². The van der Waals surface area contributed by atoms with Gasteiger partial charge in [-0.1, -0.05) is 0 Å². The molecule has 104 valence electrons. The number of ether oxygens (including phenoxy) is 1. The van der Waals surface area contributed by atoms with E-state index in [-0.39, 0.29) is 0 Å². The summed E-state index contributed by atoms with van der Waals surface area (Å²) in [5, 5.41) is 8.40. The maximum Gasteiger partial charge on any atom is 0.119 e. The maximum atomic E-state index is 8.40. The Hall–Kier alpha value is -1.59. The van der Waals surface area contributed by atoms with Crippen LogP contribution in [0.2, 0.25) is 0 Å². The van der Waals surface area contributed by atoms with Gasteiger partial charge in [-0.05, 0) is 50.7 Å². The van der Waals surface area contributed by atoms with Gasteiger partial charge >= 0.3 is 0 Å². The molecule has 5 heteroatoms. The van der Waals surface area contributed by atoms with Crippen LogP contribution in [-0.2, 0) is 0 Å². The van der Waals surface area contributed by atoms with E-state index in [1.54, 1.807) is 0 Å². The molecule has 0 spiro atoms. The largest absolute Gasteiger partial charge is 0.493 e. The van der Waals surface area contributed by atoms with Crippen LogP contribution in [0.3, 0.4) is 0 Å². The fourth-order valence-corrected chi connectivity index (χ4v) is 2.36. The molecule has 1 fully saturated rings. The van der Waals surface area contributed by atoms with Crippen molar-refractivity contribution in [2.75, 3.05) is 26.7 Å². The van der Waals surface area contributed by atoms with Crippen molar-refractivity contribution in [3.05, 3.63) is 24.3 Å². The summed E-state index contributed by atoms with van der Waals surface area (Å²) in [4.78, 5) is 6.34. The lowest BCUT2D eigenvalue weighted by atomic mass is 10.00. The lowest BCUT2D eigenvalue weighted by Gasteiger charge is -2.29. The molecule has 0 amide bonds. The van der Waals surface area contributed by atoms with E-state index in [9.17, 15) is 0 Å². The van der Waals surface area contributed by atoms with Crippen LogP contribution in [0.25, 0.3) is 0 Å². The molecule has 0 radical (unpaired) electrons. The van der Waals surface area contributed by atoms with E-state index in [4.69, 9.17) is 9.94 Å². The first-order valence-corrected chi connectivity index (χ1v) is 6.61. The molecule has 1 atom stereocenters. The van der Waals surface area contributed by atoms with Gasteiger partial charge in [0, 0.05) is 12.5 Å². The van der Waals surface area contributed by atoms with Gasteiger partial charge in [-0.25, -0.2) is 4.99 Å². The first-order chi connectivity index (χ1) is 9.28. The van der Waals surface area contributed by atoms with Gasteiger partial charge in [0.15, 0.2) is 0 Å². The molecule has 0 aliphatic carbocycles. The van der Waals surface area contributed by atoms with Crippen molar-refractivity contribution in [2.24, 2.45) is 10.9 Å². The molecule has 1 aliphatic rings. The fraction of sp³-hybridized carbons (Fsp3) is 0.500. The molecule has 5 nitrogen and oxygen atoms in total. The second-order valence-corrected chi connectivity index (χ2v) is 4.96. The normalized spacial score (nSPS) is 20.6. The average Bonchev–Trinajstić information content (AvgIpc) is 2.44. The monoisotopic (exact) mass is 263 g/mol. The topological polar surface area (TPSA) is 57.1 Å². The Morgan fingerprint density at radius 1 is 1.47 bits per heavy atom. The van der Waals surface area contributed by atoms with Crippen molar-refractivity contribution in [1.29, 1.82) is 0 Å². The third-order valence-corrected chi connectivity index (χ3v) is 3.32. The van der Waals surface area contributed by atoms with Crippen molar-refractivity contribution in [2.45, 2.75) is 12.8 Å². The second kappa shape index (κ2) is 7.11. The van der Waals surface area contributed by atoms with E-state index in [2.05, 4.69) is 16.9 Å². The van der Waals surface area contributed by atoms with Gasteiger partial charge in [-0.15, -0.1) is 0 Å². The van der Waals surface area contributed by atoms with Gasteiger partial charge in [0.05, 0.1) is 12.3 Å². The number of piperidine rings is 1. The predicted molar refractivity (Wildman–Crippen MR) is 75.2 cm³/mol. The van der Waals surface area contributed by atoms with Crippen LogP contribution >= 0.6 is 0 Å². The summed E-state index contributed by atoms with van der Waals surface area (Å²) < 4.78 is 5.81. The van der Waals surface area contributed by atoms with Gasteiger partial charge in [0.1, 0.15) is 12.1 Å². The number of hydroxylamine groups is 1. The van der Waals surface area contributed by atoms with Gasteiger partial charge < -0.3 is 9.64 Å². The van der Waals surface area contributed by atoms with E-state index in [0.29, 0.717) is 5.92 Å². The molecule has 0 bridgehead atoms. The van der Waals surface area contributed by atoms with Crippen molar-refractivity contribution in [1.82, 2.24) is 10.4 Å². The fourth-order valence-electron chi connectivity index (χ4n) is 2.36.